The van der Waals surface area contributed by atoms with E-state index in [0.717, 1.165) is 28.7 Å². The van der Waals surface area contributed by atoms with Gasteiger partial charge in [0.1, 0.15) is 18.7 Å². The number of aliphatic carboxylic acids is 1. The van der Waals surface area contributed by atoms with Gasteiger partial charge in [0, 0.05) is 5.92 Å². The molecule has 1 aliphatic rings. The van der Waals surface area contributed by atoms with Crippen molar-refractivity contribution < 1.29 is 24.2 Å². The second kappa shape index (κ2) is 11.5. The zero-order chi connectivity index (χ0) is 23.8. The van der Waals surface area contributed by atoms with Gasteiger partial charge in [-0.2, -0.15) is 0 Å². The molecule has 176 valence electrons. The van der Waals surface area contributed by atoms with E-state index in [1.54, 1.807) is 0 Å². The van der Waals surface area contributed by atoms with Gasteiger partial charge in [0.25, 0.3) is 0 Å². The normalized spacial score (nSPS) is 14.0. The smallest absolute Gasteiger partial charge is 0.407 e. The van der Waals surface area contributed by atoms with Gasteiger partial charge in [-0.3, -0.25) is 4.79 Å². The maximum absolute atomic E-state index is 12.7. The van der Waals surface area contributed by atoms with Gasteiger partial charge in [0.2, 0.25) is 5.91 Å². The predicted molar refractivity (Wildman–Crippen MR) is 126 cm³/mol. The van der Waals surface area contributed by atoms with Crippen LogP contribution in [0.25, 0.3) is 11.1 Å². The summed E-state index contributed by atoms with van der Waals surface area (Å²) < 4.78 is 5.55. The summed E-state index contributed by atoms with van der Waals surface area (Å²) in [6, 6.07) is 14.3. The zero-order valence-corrected chi connectivity index (χ0v) is 19.2. The first-order valence-corrected chi connectivity index (χ1v) is 11.6. The Labute approximate surface area is 194 Å². The van der Waals surface area contributed by atoms with Crippen LogP contribution in [0.4, 0.5) is 4.79 Å². The van der Waals surface area contributed by atoms with Crippen molar-refractivity contribution in [3.8, 4) is 11.1 Å². The highest BCUT2D eigenvalue weighted by Gasteiger charge is 2.30. The molecule has 1 aliphatic carbocycles. The summed E-state index contributed by atoms with van der Waals surface area (Å²) in [6.45, 7) is 3.99. The summed E-state index contributed by atoms with van der Waals surface area (Å²) in [5.41, 5.74) is 4.49. The summed E-state index contributed by atoms with van der Waals surface area (Å²) in [5.74, 6) is -1.66. The molecule has 0 aliphatic heterocycles. The summed E-state index contributed by atoms with van der Waals surface area (Å²) in [5, 5.41) is 14.5. The molecule has 7 nitrogen and oxygen atoms in total. The summed E-state index contributed by atoms with van der Waals surface area (Å²) >= 11 is 0. The predicted octanol–water partition coefficient (Wildman–Crippen LogP) is 4.45. The molecule has 0 fully saturated rings. The van der Waals surface area contributed by atoms with E-state index in [9.17, 15) is 19.5 Å². The standard InChI is InChI=1S/C26H32N2O5/c1-3-5-15-22(24(29)27-23(10-4-2)25(30)31)28-26(32)33-16-21-19-13-8-6-11-17(19)18-12-7-9-14-20(18)21/h6-9,11-14,21-23H,3-5,10,15-16H2,1-2H3,(H,27,29)(H,28,32)(H,30,31). The van der Waals surface area contributed by atoms with Crippen molar-refractivity contribution in [3.05, 3.63) is 59.7 Å². The van der Waals surface area contributed by atoms with Crippen LogP contribution in [0.15, 0.2) is 48.5 Å². The molecule has 3 rings (SSSR count). The molecule has 33 heavy (non-hydrogen) atoms. The average molecular weight is 453 g/mol. The molecule has 0 aromatic heterocycles. The molecule has 0 saturated carbocycles. The number of alkyl carbamates (subject to hydrolysis) is 1. The number of nitrogens with one attached hydrogen (secondary N) is 2. The van der Waals surface area contributed by atoms with E-state index < -0.39 is 30.1 Å². The lowest BCUT2D eigenvalue weighted by Gasteiger charge is -2.21. The topological polar surface area (TPSA) is 105 Å². The molecule has 0 saturated heterocycles. The SMILES string of the molecule is CCCCC(NC(=O)OCC1c2ccccc2-c2ccccc21)C(=O)NC(CCC)C(=O)O. The van der Waals surface area contributed by atoms with Crippen LogP contribution in [-0.4, -0.2) is 41.8 Å². The van der Waals surface area contributed by atoms with Gasteiger partial charge in [-0.15, -0.1) is 0 Å². The lowest BCUT2D eigenvalue weighted by molar-refractivity contribution is -0.142. The number of hydrogen-bond acceptors (Lipinski definition) is 4. The van der Waals surface area contributed by atoms with Crippen molar-refractivity contribution in [1.29, 1.82) is 0 Å². The monoisotopic (exact) mass is 452 g/mol. The highest BCUT2D eigenvalue weighted by Crippen LogP contribution is 2.44. The van der Waals surface area contributed by atoms with Crippen molar-refractivity contribution in [1.82, 2.24) is 10.6 Å². The second-order valence-electron chi connectivity index (χ2n) is 8.35. The number of hydrogen-bond donors (Lipinski definition) is 3. The zero-order valence-electron chi connectivity index (χ0n) is 19.2. The summed E-state index contributed by atoms with van der Waals surface area (Å²) in [4.78, 5) is 36.7. The number of unbranched alkanes of at least 4 members (excludes halogenated alkanes) is 1. The van der Waals surface area contributed by atoms with Crippen LogP contribution in [0.2, 0.25) is 0 Å². The fraction of sp³-hybridized carbons (Fsp3) is 0.423. The van der Waals surface area contributed by atoms with E-state index in [4.69, 9.17) is 4.74 Å². The minimum absolute atomic E-state index is 0.0768. The maximum atomic E-state index is 12.7. The number of benzene rings is 2. The van der Waals surface area contributed by atoms with Gasteiger partial charge in [-0.1, -0.05) is 81.6 Å². The fourth-order valence-electron chi connectivity index (χ4n) is 4.28. The van der Waals surface area contributed by atoms with Crippen molar-refractivity contribution in [2.24, 2.45) is 0 Å². The largest absolute Gasteiger partial charge is 0.480 e. The Morgan fingerprint density at radius 1 is 0.879 bits per heavy atom. The van der Waals surface area contributed by atoms with Gasteiger partial charge in [0.15, 0.2) is 0 Å². The van der Waals surface area contributed by atoms with Crippen LogP contribution in [0.3, 0.4) is 0 Å². The molecular formula is C26H32N2O5. The van der Waals surface area contributed by atoms with Crippen LogP contribution >= 0.6 is 0 Å². The second-order valence-corrected chi connectivity index (χ2v) is 8.35. The highest BCUT2D eigenvalue weighted by molar-refractivity contribution is 5.89. The summed E-state index contributed by atoms with van der Waals surface area (Å²) in [6.07, 6.45) is 2.23. The average Bonchev–Trinajstić information content (AvgIpc) is 3.13. The van der Waals surface area contributed by atoms with Crippen LogP contribution in [0, 0.1) is 0 Å². The van der Waals surface area contributed by atoms with Crippen molar-refractivity contribution in [3.63, 3.8) is 0 Å². The van der Waals surface area contributed by atoms with E-state index >= 15 is 0 Å². The fourth-order valence-corrected chi connectivity index (χ4v) is 4.28. The third-order valence-corrected chi connectivity index (χ3v) is 5.99. The number of fused-ring (bicyclic) bond motifs is 3. The van der Waals surface area contributed by atoms with Gasteiger partial charge in [0.05, 0.1) is 0 Å². The first-order chi connectivity index (χ1) is 16.0. The first kappa shape index (κ1) is 24.3. The van der Waals surface area contributed by atoms with Gasteiger partial charge < -0.3 is 20.5 Å². The minimum Gasteiger partial charge on any atom is -0.480 e. The Kier molecular flexibility index (Phi) is 8.46. The van der Waals surface area contributed by atoms with Crippen LogP contribution in [-0.2, 0) is 14.3 Å². The molecule has 0 radical (unpaired) electrons. The Morgan fingerprint density at radius 3 is 2.03 bits per heavy atom. The Hall–Kier alpha value is -3.35. The molecule has 2 unspecified atom stereocenters. The number of carbonyl (C=O) groups is 3. The van der Waals surface area contributed by atoms with Gasteiger partial charge >= 0.3 is 12.1 Å². The molecule has 0 heterocycles. The third kappa shape index (κ3) is 5.92. The Bertz CT molecular complexity index is 945. The molecule has 7 heteroatoms. The van der Waals surface area contributed by atoms with Crippen molar-refractivity contribution in [2.75, 3.05) is 6.61 Å². The highest BCUT2D eigenvalue weighted by atomic mass is 16.5. The first-order valence-electron chi connectivity index (χ1n) is 11.6. The number of carbonyl (C=O) groups excluding carboxylic acids is 2. The number of carboxylic acid groups (broad SMARTS) is 1. The van der Waals surface area contributed by atoms with E-state index in [1.165, 1.54) is 0 Å². The molecule has 2 atom stereocenters. The van der Waals surface area contributed by atoms with Crippen LogP contribution < -0.4 is 10.6 Å². The van der Waals surface area contributed by atoms with E-state index in [1.807, 2.05) is 50.2 Å². The third-order valence-electron chi connectivity index (χ3n) is 5.99. The minimum atomic E-state index is -1.08. The molecule has 3 N–H and O–H groups in total. The van der Waals surface area contributed by atoms with E-state index in [2.05, 4.69) is 22.8 Å². The lowest BCUT2D eigenvalue weighted by atomic mass is 9.98. The number of carboxylic acids is 1. The van der Waals surface area contributed by atoms with E-state index in [-0.39, 0.29) is 12.5 Å². The Morgan fingerprint density at radius 2 is 1.48 bits per heavy atom. The molecule has 2 amide bonds. The Balaban J connectivity index is 1.65. The van der Waals surface area contributed by atoms with E-state index in [0.29, 0.717) is 25.7 Å². The van der Waals surface area contributed by atoms with Gasteiger partial charge in [-0.25, -0.2) is 9.59 Å². The molecule has 2 aromatic rings. The lowest BCUT2D eigenvalue weighted by Crippen LogP contribution is -2.51. The number of amides is 2. The van der Waals surface area contributed by atoms with Crippen molar-refractivity contribution in [2.45, 2.75) is 64.0 Å². The number of rotatable bonds is 11. The summed E-state index contributed by atoms with van der Waals surface area (Å²) in [7, 11) is 0. The maximum Gasteiger partial charge on any atom is 0.407 e. The van der Waals surface area contributed by atoms with Gasteiger partial charge in [-0.05, 0) is 35.1 Å². The number of ether oxygens (including phenoxy) is 1. The molecule has 0 spiro atoms. The molecule has 0 bridgehead atoms. The molecular weight excluding hydrogens is 420 g/mol. The quantitative estimate of drug-likeness (QED) is 0.467. The molecule has 2 aromatic carbocycles. The van der Waals surface area contributed by atoms with Crippen LogP contribution in [0.1, 0.15) is 63.0 Å². The van der Waals surface area contributed by atoms with Crippen molar-refractivity contribution >= 4 is 18.0 Å². The van der Waals surface area contributed by atoms with Crippen LogP contribution in [0.5, 0.6) is 0 Å².